The number of halogens is 2. The van der Waals surface area contributed by atoms with Gasteiger partial charge in [-0.15, -0.1) is 0 Å². The highest BCUT2D eigenvalue weighted by Gasteiger charge is 2.30. The Hall–Kier alpha value is -2.99. The fraction of sp³-hybridized carbons (Fsp3) is 0.300. The van der Waals surface area contributed by atoms with Crippen molar-refractivity contribution in [1.82, 2.24) is 9.88 Å². The number of nitrogens with one attached hydrogen (secondary N) is 2. The molecule has 0 bridgehead atoms. The molecule has 0 aliphatic carbocycles. The number of Topliss-reactive ketones (excluding diaryl/α,β-unsaturated/α-hetero) is 1. The summed E-state index contributed by atoms with van der Waals surface area (Å²) in [5.41, 5.74) is -0.0381. The number of hydrogen-bond acceptors (Lipinski definition) is 4. The Morgan fingerprint density at radius 3 is 2.41 bits per heavy atom. The molecule has 2 N–H and O–H groups in total. The van der Waals surface area contributed by atoms with Gasteiger partial charge in [0.25, 0.3) is 17.6 Å². The first kappa shape index (κ1) is 22.3. The molecule has 2 rings (SSSR count). The van der Waals surface area contributed by atoms with Crippen LogP contribution in [0.3, 0.4) is 0 Å². The third-order valence-electron chi connectivity index (χ3n) is 4.05. The van der Waals surface area contributed by atoms with Crippen LogP contribution in [0, 0.1) is 24.1 Å². The van der Waals surface area contributed by atoms with Crippen molar-refractivity contribution < 1.29 is 18.8 Å². The standard InChI is InChI=1S/C20H20BrFN4O3/c1-10-14(18(28)24-12-6-7-13(22)11(8-12)9-23)17(21)26(5)15(10)16(27)19(29)25-20(2,3)4/h6-8H,1-5H3,(H,24,28)(H,25,29). The lowest BCUT2D eigenvalue weighted by Gasteiger charge is -2.20. The van der Waals surface area contributed by atoms with Gasteiger partial charge in [0.1, 0.15) is 11.9 Å². The first-order valence-electron chi connectivity index (χ1n) is 8.60. The molecule has 0 aliphatic rings. The fourth-order valence-corrected chi connectivity index (χ4v) is 3.42. The number of amides is 2. The molecule has 1 aromatic heterocycles. The zero-order valence-corrected chi connectivity index (χ0v) is 18.2. The lowest BCUT2D eigenvalue weighted by Crippen LogP contribution is -2.44. The molecule has 0 saturated carbocycles. The zero-order chi connectivity index (χ0) is 22.1. The van der Waals surface area contributed by atoms with Crippen molar-refractivity contribution in [2.24, 2.45) is 7.05 Å². The van der Waals surface area contributed by atoms with E-state index in [1.807, 2.05) is 0 Å². The van der Waals surface area contributed by atoms with E-state index in [2.05, 4.69) is 26.6 Å². The molecular weight excluding hydrogens is 443 g/mol. The quantitative estimate of drug-likeness (QED) is 0.536. The average molecular weight is 463 g/mol. The van der Waals surface area contributed by atoms with Crippen molar-refractivity contribution in [2.45, 2.75) is 33.2 Å². The lowest BCUT2D eigenvalue weighted by molar-refractivity contribution is -0.118. The number of hydrogen-bond donors (Lipinski definition) is 2. The Morgan fingerprint density at radius 2 is 1.86 bits per heavy atom. The second kappa shape index (κ2) is 8.17. The molecule has 0 saturated heterocycles. The van der Waals surface area contributed by atoms with E-state index in [0.29, 0.717) is 10.2 Å². The summed E-state index contributed by atoms with van der Waals surface area (Å²) in [7, 11) is 1.55. The van der Waals surface area contributed by atoms with Crippen LogP contribution >= 0.6 is 15.9 Å². The summed E-state index contributed by atoms with van der Waals surface area (Å²) in [5, 5.41) is 14.1. The highest BCUT2D eigenvalue weighted by Crippen LogP contribution is 2.28. The molecule has 152 valence electrons. The maximum absolute atomic E-state index is 13.5. The number of carbonyl (C=O) groups excluding carboxylic acids is 3. The Morgan fingerprint density at radius 1 is 1.24 bits per heavy atom. The SMILES string of the molecule is Cc1c(C(=O)Nc2ccc(F)c(C#N)c2)c(Br)n(C)c1C(=O)C(=O)NC(C)(C)C. The van der Waals surface area contributed by atoms with Gasteiger partial charge < -0.3 is 15.2 Å². The molecule has 0 atom stereocenters. The van der Waals surface area contributed by atoms with E-state index in [0.717, 1.165) is 6.07 Å². The van der Waals surface area contributed by atoms with E-state index in [9.17, 15) is 18.8 Å². The topological polar surface area (TPSA) is 104 Å². The van der Waals surface area contributed by atoms with Gasteiger partial charge in [-0.25, -0.2) is 4.39 Å². The predicted molar refractivity (Wildman–Crippen MR) is 109 cm³/mol. The molecule has 1 aromatic carbocycles. The van der Waals surface area contributed by atoms with Gasteiger partial charge in [-0.1, -0.05) is 0 Å². The van der Waals surface area contributed by atoms with Crippen LogP contribution in [-0.2, 0) is 11.8 Å². The van der Waals surface area contributed by atoms with Crippen LogP contribution in [-0.4, -0.2) is 27.7 Å². The molecule has 0 unspecified atom stereocenters. The van der Waals surface area contributed by atoms with Gasteiger partial charge in [-0.05, 0) is 67.4 Å². The summed E-state index contributed by atoms with van der Waals surface area (Å²) in [6, 6.07) is 5.31. The number of nitrogens with zero attached hydrogens (tertiary/aromatic N) is 2. The summed E-state index contributed by atoms with van der Waals surface area (Å²) in [5.74, 6) is -2.82. The summed E-state index contributed by atoms with van der Waals surface area (Å²) in [6.07, 6.45) is 0. The highest BCUT2D eigenvalue weighted by atomic mass is 79.9. The third kappa shape index (κ3) is 4.71. The molecule has 0 fully saturated rings. The minimum atomic E-state index is -0.780. The Labute approximate surface area is 176 Å². The zero-order valence-electron chi connectivity index (χ0n) is 16.6. The van der Waals surface area contributed by atoms with E-state index in [-0.39, 0.29) is 22.5 Å². The second-order valence-corrected chi connectivity index (χ2v) is 8.24. The van der Waals surface area contributed by atoms with E-state index >= 15 is 0 Å². The number of benzene rings is 1. The van der Waals surface area contributed by atoms with Crippen LogP contribution in [0.5, 0.6) is 0 Å². The summed E-state index contributed by atoms with van der Waals surface area (Å²) < 4.78 is 15.2. The fourth-order valence-electron chi connectivity index (χ4n) is 2.76. The molecule has 1 heterocycles. The van der Waals surface area contributed by atoms with Crippen LogP contribution in [0.25, 0.3) is 0 Å². The van der Waals surface area contributed by atoms with E-state index in [1.54, 1.807) is 40.8 Å². The number of aromatic nitrogens is 1. The predicted octanol–water partition coefficient (Wildman–Crippen LogP) is 3.46. The van der Waals surface area contributed by atoms with Gasteiger partial charge in [0.15, 0.2) is 0 Å². The Balaban J connectivity index is 2.39. The van der Waals surface area contributed by atoms with Crippen LogP contribution in [0.4, 0.5) is 10.1 Å². The second-order valence-electron chi connectivity index (χ2n) is 7.49. The first-order chi connectivity index (χ1) is 13.4. The number of anilines is 1. The van der Waals surface area contributed by atoms with Gasteiger partial charge in [0, 0.05) is 18.3 Å². The van der Waals surface area contributed by atoms with Crippen molar-refractivity contribution in [3.05, 3.63) is 51.0 Å². The van der Waals surface area contributed by atoms with Crippen LogP contribution < -0.4 is 10.6 Å². The molecule has 2 aromatic rings. The minimum absolute atomic E-state index is 0.0700. The van der Waals surface area contributed by atoms with Crippen molar-refractivity contribution in [1.29, 1.82) is 5.26 Å². The third-order valence-corrected chi connectivity index (χ3v) is 4.98. The molecule has 9 heteroatoms. The Kier molecular flexibility index (Phi) is 6.28. The molecule has 2 amide bonds. The number of carbonyl (C=O) groups is 3. The molecule has 7 nitrogen and oxygen atoms in total. The van der Waals surface area contributed by atoms with Crippen molar-refractivity contribution in [3.63, 3.8) is 0 Å². The number of rotatable bonds is 4. The average Bonchev–Trinajstić information content (AvgIpc) is 2.83. The maximum atomic E-state index is 13.5. The van der Waals surface area contributed by atoms with Gasteiger partial charge in [0.05, 0.1) is 21.4 Å². The van der Waals surface area contributed by atoms with Gasteiger partial charge in [-0.3, -0.25) is 14.4 Å². The molecule has 29 heavy (non-hydrogen) atoms. The molecule has 0 radical (unpaired) electrons. The van der Waals surface area contributed by atoms with Gasteiger partial charge >= 0.3 is 0 Å². The molecular formula is C20H20BrFN4O3. The molecule has 0 aliphatic heterocycles. The normalized spacial score (nSPS) is 11.0. The van der Waals surface area contributed by atoms with Crippen LogP contribution in [0.15, 0.2) is 22.8 Å². The van der Waals surface area contributed by atoms with E-state index in [4.69, 9.17) is 5.26 Å². The first-order valence-corrected chi connectivity index (χ1v) is 9.39. The van der Waals surface area contributed by atoms with Crippen LogP contribution in [0.2, 0.25) is 0 Å². The number of nitriles is 1. The highest BCUT2D eigenvalue weighted by molar-refractivity contribution is 9.10. The van der Waals surface area contributed by atoms with E-state index in [1.165, 1.54) is 16.7 Å². The van der Waals surface area contributed by atoms with Gasteiger partial charge in [-0.2, -0.15) is 5.26 Å². The van der Waals surface area contributed by atoms with Crippen molar-refractivity contribution in [2.75, 3.05) is 5.32 Å². The largest absolute Gasteiger partial charge is 0.345 e. The maximum Gasteiger partial charge on any atom is 0.294 e. The molecule has 0 spiro atoms. The van der Waals surface area contributed by atoms with Crippen molar-refractivity contribution >= 4 is 39.2 Å². The van der Waals surface area contributed by atoms with Crippen LogP contribution in [0.1, 0.15) is 52.7 Å². The monoisotopic (exact) mass is 462 g/mol. The number of ketones is 1. The van der Waals surface area contributed by atoms with Gasteiger partial charge in [0.2, 0.25) is 0 Å². The summed E-state index contributed by atoms with van der Waals surface area (Å²) >= 11 is 3.29. The summed E-state index contributed by atoms with van der Waals surface area (Å²) in [6.45, 7) is 6.82. The van der Waals surface area contributed by atoms with E-state index < -0.39 is 29.0 Å². The summed E-state index contributed by atoms with van der Waals surface area (Å²) in [4.78, 5) is 37.7. The lowest BCUT2D eigenvalue weighted by atomic mass is 10.1. The Bertz CT molecular complexity index is 1060. The smallest absolute Gasteiger partial charge is 0.294 e. The minimum Gasteiger partial charge on any atom is -0.345 e. The van der Waals surface area contributed by atoms with Crippen molar-refractivity contribution in [3.8, 4) is 6.07 Å².